The number of nitro benzene ring substituents is 1. The molecule has 0 saturated carbocycles. The Morgan fingerprint density at radius 2 is 2.19 bits per heavy atom. The molecule has 0 unspecified atom stereocenters. The maximum absolute atomic E-state index is 13.2. The van der Waals surface area contributed by atoms with Gasteiger partial charge in [-0.1, -0.05) is 23.7 Å². The highest BCUT2D eigenvalue weighted by molar-refractivity contribution is 7.11. The van der Waals surface area contributed by atoms with E-state index in [0.29, 0.717) is 22.0 Å². The summed E-state index contributed by atoms with van der Waals surface area (Å²) < 4.78 is 13.2. The van der Waals surface area contributed by atoms with Crippen LogP contribution >= 0.6 is 22.9 Å². The number of hydrogen-bond acceptors (Lipinski definition) is 6. The Hall–Kier alpha value is -3.28. The lowest BCUT2D eigenvalue weighted by molar-refractivity contribution is -0.384. The lowest BCUT2D eigenvalue weighted by Crippen LogP contribution is -1.92. The first-order valence-corrected chi connectivity index (χ1v) is 8.76. The molecule has 3 aromatic rings. The molecular weight excluding hydrogens is 391 g/mol. The van der Waals surface area contributed by atoms with Crippen LogP contribution in [0, 0.1) is 27.3 Å². The Bertz CT molecular complexity index is 1090. The highest BCUT2D eigenvalue weighted by atomic mass is 35.5. The van der Waals surface area contributed by atoms with Gasteiger partial charge in [-0.25, -0.2) is 9.37 Å². The van der Waals surface area contributed by atoms with Gasteiger partial charge in [0.15, 0.2) is 0 Å². The number of hydrogen-bond donors (Lipinski definition) is 1. The van der Waals surface area contributed by atoms with Crippen LogP contribution in [0.5, 0.6) is 0 Å². The van der Waals surface area contributed by atoms with Crippen molar-refractivity contribution in [3.8, 4) is 17.3 Å². The number of non-ortho nitro benzene ring substituents is 1. The number of rotatable bonds is 5. The fraction of sp³-hybridized carbons (Fsp3) is 0. The van der Waals surface area contributed by atoms with Crippen molar-refractivity contribution in [3.63, 3.8) is 0 Å². The van der Waals surface area contributed by atoms with Crippen molar-refractivity contribution in [2.24, 2.45) is 0 Å². The average molecular weight is 401 g/mol. The van der Waals surface area contributed by atoms with Crippen molar-refractivity contribution < 1.29 is 9.31 Å². The minimum atomic E-state index is -0.534. The first kappa shape index (κ1) is 18.5. The highest BCUT2D eigenvalue weighted by Gasteiger charge is 2.12. The molecule has 0 bridgehead atoms. The Morgan fingerprint density at radius 1 is 1.37 bits per heavy atom. The lowest BCUT2D eigenvalue weighted by Gasteiger charge is -2.02. The number of nitrogens with zero attached hydrogens (tertiary/aromatic N) is 3. The van der Waals surface area contributed by atoms with Gasteiger partial charge in [-0.15, -0.1) is 11.3 Å². The smallest absolute Gasteiger partial charge is 0.270 e. The van der Waals surface area contributed by atoms with Gasteiger partial charge in [0, 0.05) is 35.0 Å². The number of nitrogens with one attached hydrogen (secondary N) is 1. The fourth-order valence-electron chi connectivity index (χ4n) is 2.19. The molecule has 1 heterocycles. The summed E-state index contributed by atoms with van der Waals surface area (Å²) in [5.74, 6) is -0.534. The molecule has 0 fully saturated rings. The third kappa shape index (κ3) is 4.28. The van der Waals surface area contributed by atoms with Crippen LogP contribution < -0.4 is 5.32 Å². The number of aromatic nitrogens is 1. The van der Waals surface area contributed by atoms with Crippen molar-refractivity contribution in [1.29, 1.82) is 5.26 Å². The minimum absolute atomic E-state index is 0.0332. The van der Waals surface area contributed by atoms with Gasteiger partial charge >= 0.3 is 0 Å². The molecule has 1 aromatic heterocycles. The van der Waals surface area contributed by atoms with Crippen LogP contribution in [-0.4, -0.2) is 9.91 Å². The first-order chi connectivity index (χ1) is 13.0. The van der Waals surface area contributed by atoms with Crippen LogP contribution in [0.2, 0.25) is 5.02 Å². The molecular formula is C18H10ClFN4O2S. The van der Waals surface area contributed by atoms with E-state index in [0.717, 1.165) is 0 Å². The van der Waals surface area contributed by atoms with Crippen LogP contribution in [0.3, 0.4) is 0 Å². The molecule has 2 aromatic carbocycles. The van der Waals surface area contributed by atoms with E-state index in [1.54, 1.807) is 17.5 Å². The van der Waals surface area contributed by atoms with Crippen LogP contribution in [0.4, 0.5) is 15.8 Å². The van der Waals surface area contributed by atoms with E-state index >= 15 is 0 Å². The topological polar surface area (TPSA) is 91.8 Å². The van der Waals surface area contributed by atoms with Gasteiger partial charge in [-0.3, -0.25) is 10.1 Å². The maximum Gasteiger partial charge on any atom is 0.270 e. The molecule has 134 valence electrons. The largest absolute Gasteiger partial charge is 0.360 e. The standard InChI is InChI=1S/C18H10ClFN4O2S/c19-15-7-13(4-5-16(15)20)22-9-12(8-21)18-23-17(10-27-18)11-2-1-3-14(6-11)24(25)26/h1-7,9-10,22H. The molecule has 0 spiro atoms. The summed E-state index contributed by atoms with van der Waals surface area (Å²) in [7, 11) is 0. The maximum atomic E-state index is 13.2. The average Bonchev–Trinajstić information content (AvgIpc) is 3.15. The summed E-state index contributed by atoms with van der Waals surface area (Å²) in [4.78, 5) is 14.8. The molecule has 0 aliphatic rings. The molecule has 0 aliphatic heterocycles. The molecule has 1 N–H and O–H groups in total. The van der Waals surface area contributed by atoms with Crippen molar-refractivity contribution in [3.05, 3.63) is 80.0 Å². The Balaban J connectivity index is 1.85. The van der Waals surface area contributed by atoms with Crippen molar-refractivity contribution in [2.45, 2.75) is 0 Å². The Kier molecular flexibility index (Phi) is 5.45. The minimum Gasteiger partial charge on any atom is -0.360 e. The Labute approximate surface area is 162 Å². The van der Waals surface area contributed by atoms with Gasteiger partial charge in [-0.2, -0.15) is 5.26 Å². The number of anilines is 1. The first-order valence-electron chi connectivity index (χ1n) is 7.50. The lowest BCUT2D eigenvalue weighted by atomic mass is 10.1. The second-order valence-electron chi connectivity index (χ2n) is 5.29. The number of nitriles is 1. The molecule has 3 rings (SSSR count). The van der Waals surface area contributed by atoms with Gasteiger partial charge in [0.1, 0.15) is 22.5 Å². The number of allylic oxidation sites excluding steroid dienone is 1. The summed E-state index contributed by atoms with van der Waals surface area (Å²) in [5, 5.41) is 25.3. The number of benzene rings is 2. The van der Waals surface area contributed by atoms with Crippen LogP contribution in [-0.2, 0) is 0 Å². The van der Waals surface area contributed by atoms with Crippen LogP contribution in [0.1, 0.15) is 5.01 Å². The highest BCUT2D eigenvalue weighted by Crippen LogP contribution is 2.28. The van der Waals surface area contributed by atoms with E-state index in [-0.39, 0.29) is 16.3 Å². The number of thiazole rings is 1. The van der Waals surface area contributed by atoms with Gasteiger partial charge < -0.3 is 5.32 Å². The summed E-state index contributed by atoms with van der Waals surface area (Å²) in [6.07, 6.45) is 1.44. The summed E-state index contributed by atoms with van der Waals surface area (Å²) in [5.41, 5.74) is 1.86. The van der Waals surface area contributed by atoms with E-state index in [1.165, 1.54) is 47.9 Å². The predicted octanol–water partition coefficient (Wildman–Crippen LogP) is 5.49. The van der Waals surface area contributed by atoms with Gasteiger partial charge in [0.05, 0.1) is 15.6 Å². The zero-order valence-corrected chi connectivity index (χ0v) is 15.1. The molecule has 0 saturated heterocycles. The van der Waals surface area contributed by atoms with Gasteiger partial charge in [0.25, 0.3) is 5.69 Å². The zero-order valence-electron chi connectivity index (χ0n) is 13.5. The predicted molar refractivity (Wildman–Crippen MR) is 103 cm³/mol. The van der Waals surface area contributed by atoms with Crippen LogP contribution in [0.15, 0.2) is 54.0 Å². The molecule has 0 atom stereocenters. The number of halogens is 2. The van der Waals surface area contributed by atoms with E-state index in [2.05, 4.69) is 10.3 Å². The SMILES string of the molecule is N#CC(=CNc1ccc(F)c(Cl)c1)c1nc(-c2cccc([N+](=O)[O-])c2)cs1. The van der Waals surface area contributed by atoms with Crippen molar-refractivity contribution in [1.82, 2.24) is 4.98 Å². The Morgan fingerprint density at radius 3 is 2.89 bits per heavy atom. The number of nitro groups is 1. The monoisotopic (exact) mass is 400 g/mol. The third-order valence-corrected chi connectivity index (χ3v) is 4.68. The second kappa shape index (κ2) is 7.95. The zero-order chi connectivity index (χ0) is 19.4. The van der Waals surface area contributed by atoms with E-state index in [1.807, 2.05) is 6.07 Å². The van der Waals surface area contributed by atoms with Gasteiger partial charge in [-0.05, 0) is 18.2 Å². The molecule has 6 nitrogen and oxygen atoms in total. The molecule has 0 amide bonds. The fourth-order valence-corrected chi connectivity index (χ4v) is 3.17. The van der Waals surface area contributed by atoms with Gasteiger partial charge in [0.2, 0.25) is 0 Å². The summed E-state index contributed by atoms with van der Waals surface area (Å²) >= 11 is 6.96. The molecule has 9 heteroatoms. The molecule has 27 heavy (non-hydrogen) atoms. The van der Waals surface area contributed by atoms with E-state index in [4.69, 9.17) is 11.6 Å². The summed E-state index contributed by atoms with van der Waals surface area (Å²) in [6.45, 7) is 0. The quantitative estimate of drug-likeness (QED) is 0.347. The van der Waals surface area contributed by atoms with E-state index < -0.39 is 10.7 Å². The normalized spacial score (nSPS) is 11.1. The summed E-state index contributed by atoms with van der Waals surface area (Å²) in [6, 6.07) is 12.3. The van der Waals surface area contributed by atoms with E-state index in [9.17, 15) is 19.8 Å². The van der Waals surface area contributed by atoms with Crippen molar-refractivity contribution in [2.75, 3.05) is 5.32 Å². The molecule has 0 aliphatic carbocycles. The third-order valence-electron chi connectivity index (χ3n) is 3.51. The van der Waals surface area contributed by atoms with Crippen LogP contribution in [0.25, 0.3) is 16.8 Å². The molecule has 0 radical (unpaired) electrons. The van der Waals surface area contributed by atoms with Crippen molar-refractivity contribution >= 4 is 39.9 Å². The second-order valence-corrected chi connectivity index (χ2v) is 6.55.